The Kier molecular flexibility index (Phi) is 3.96. The number of phenolic OH excluding ortho intramolecular Hbond substituents is 1. The molecule has 5 atom stereocenters. The van der Waals surface area contributed by atoms with Gasteiger partial charge in [-0.15, -0.1) is 0 Å². The van der Waals surface area contributed by atoms with E-state index < -0.39 is 33.2 Å². The van der Waals surface area contributed by atoms with E-state index in [1.54, 1.807) is 22.5 Å². The Balaban J connectivity index is 1.28. The number of ether oxygens (including phenoxy) is 1. The summed E-state index contributed by atoms with van der Waals surface area (Å²) in [5.41, 5.74) is 1.15. The fourth-order valence-electron chi connectivity index (χ4n) is 8.31. The predicted molar refractivity (Wildman–Crippen MR) is 128 cm³/mol. The number of hydrogen-bond donors (Lipinski definition) is 2. The molecule has 2 saturated carbocycles. The van der Waals surface area contributed by atoms with Gasteiger partial charge in [0.15, 0.2) is 11.5 Å². The molecule has 8 rings (SSSR count). The maximum atomic E-state index is 13.7. The van der Waals surface area contributed by atoms with E-state index in [1.165, 1.54) is 12.8 Å². The van der Waals surface area contributed by atoms with Crippen molar-refractivity contribution in [2.45, 2.75) is 79.2 Å². The number of benzene rings is 2. The van der Waals surface area contributed by atoms with Crippen molar-refractivity contribution in [3.8, 4) is 11.5 Å². The molecule has 35 heavy (non-hydrogen) atoms. The van der Waals surface area contributed by atoms with E-state index in [0.717, 1.165) is 42.1 Å². The Morgan fingerprint density at radius 2 is 1.89 bits per heavy atom. The highest BCUT2D eigenvalue weighted by Gasteiger charge is 2.74. The molecule has 2 aromatic carbocycles. The maximum Gasteiger partial charge on any atom is 0.244 e. The minimum Gasteiger partial charge on any atom is -0.504 e. The molecule has 2 N–H and O–H groups in total. The molecule has 2 bridgehead atoms. The third-order valence-electron chi connectivity index (χ3n) is 9.99. The Labute approximate surface area is 205 Å². The highest BCUT2D eigenvalue weighted by Crippen LogP contribution is 2.66. The van der Waals surface area contributed by atoms with Crippen molar-refractivity contribution in [1.82, 2.24) is 9.21 Å². The quantitative estimate of drug-likeness (QED) is 0.682. The summed E-state index contributed by atoms with van der Waals surface area (Å²) in [6.45, 7) is 2.20. The number of fused-ring (bicyclic) bond motifs is 1. The van der Waals surface area contributed by atoms with E-state index in [0.29, 0.717) is 36.5 Å². The molecule has 8 heteroatoms. The largest absolute Gasteiger partial charge is 0.504 e. The molecule has 7 nitrogen and oxygen atoms in total. The molecule has 1 unspecified atom stereocenters. The fourth-order valence-corrected chi connectivity index (χ4v) is 10.2. The SMILES string of the molecule is O=S1(=O)c2ccccc2CN1[C@@H]1CCC2(O)[C@H]3Cc4ccc(O)c5c4[C@@]2(CCN3CC2CC2)[C@H]1O5. The summed E-state index contributed by atoms with van der Waals surface area (Å²) in [4.78, 5) is 2.87. The molecule has 0 amide bonds. The number of piperidine rings is 1. The van der Waals surface area contributed by atoms with Crippen LogP contribution in [0, 0.1) is 5.92 Å². The second-order valence-corrected chi connectivity index (χ2v) is 13.4. The summed E-state index contributed by atoms with van der Waals surface area (Å²) in [5.74, 6) is 1.27. The summed E-state index contributed by atoms with van der Waals surface area (Å²) in [7, 11) is -3.66. The Bertz CT molecular complexity index is 1370. The normalized spacial score (nSPS) is 38.6. The number of aromatic hydroxyl groups is 1. The van der Waals surface area contributed by atoms with Gasteiger partial charge in [-0.3, -0.25) is 4.90 Å². The van der Waals surface area contributed by atoms with Gasteiger partial charge in [-0.2, -0.15) is 4.31 Å². The minimum atomic E-state index is -3.66. The van der Waals surface area contributed by atoms with Gasteiger partial charge in [0.1, 0.15) is 6.10 Å². The molecular formula is C27H30N2O5S. The van der Waals surface area contributed by atoms with Gasteiger partial charge in [-0.25, -0.2) is 8.42 Å². The topological polar surface area (TPSA) is 90.3 Å². The second-order valence-electron chi connectivity index (χ2n) is 11.6. The summed E-state index contributed by atoms with van der Waals surface area (Å²) < 4.78 is 35.5. The molecule has 3 heterocycles. The van der Waals surface area contributed by atoms with Crippen LogP contribution in [0.15, 0.2) is 41.3 Å². The Hall–Kier alpha value is -2.13. The first-order valence-electron chi connectivity index (χ1n) is 12.9. The van der Waals surface area contributed by atoms with E-state index in [9.17, 15) is 18.6 Å². The lowest BCUT2D eigenvalue weighted by atomic mass is 9.48. The number of nitrogens with zero attached hydrogens (tertiary/aromatic N) is 2. The standard InChI is InChI=1S/C27H30N2O5S/c30-20-8-7-17-13-22-27(31)10-9-19(29-15-18-3-1-2-4-21(18)35(29,32)33)25-26(27,23(17)24(20)34-25)11-12-28(22)14-16-5-6-16/h1-4,7-8,16,19,22,25,30-31H,5-6,9-15H2/t19-,22-,25+,26+,27?/m1/s1. The molecule has 2 aromatic rings. The number of sulfonamides is 1. The van der Waals surface area contributed by atoms with Crippen LogP contribution in [0.3, 0.4) is 0 Å². The van der Waals surface area contributed by atoms with Crippen molar-refractivity contribution < 1.29 is 23.4 Å². The first-order valence-corrected chi connectivity index (χ1v) is 14.4. The van der Waals surface area contributed by atoms with Crippen molar-refractivity contribution in [2.24, 2.45) is 5.92 Å². The smallest absolute Gasteiger partial charge is 0.244 e. The van der Waals surface area contributed by atoms with Crippen LogP contribution in [0.1, 0.15) is 48.8 Å². The van der Waals surface area contributed by atoms with Crippen molar-refractivity contribution in [3.05, 3.63) is 53.1 Å². The van der Waals surface area contributed by atoms with Crippen molar-refractivity contribution >= 4 is 10.0 Å². The van der Waals surface area contributed by atoms with Gasteiger partial charge in [-0.1, -0.05) is 24.3 Å². The zero-order chi connectivity index (χ0) is 23.7. The van der Waals surface area contributed by atoms with E-state index in [-0.39, 0.29) is 11.8 Å². The van der Waals surface area contributed by atoms with Crippen molar-refractivity contribution in [3.63, 3.8) is 0 Å². The molecule has 6 aliphatic rings. The van der Waals surface area contributed by atoms with Crippen LogP contribution in [0.2, 0.25) is 0 Å². The molecule has 0 radical (unpaired) electrons. The van der Waals surface area contributed by atoms with Gasteiger partial charge >= 0.3 is 0 Å². The summed E-state index contributed by atoms with van der Waals surface area (Å²) in [6.07, 6.45) is 4.51. The predicted octanol–water partition coefficient (Wildman–Crippen LogP) is 2.53. The van der Waals surface area contributed by atoms with E-state index >= 15 is 0 Å². The molecule has 1 spiro atoms. The highest BCUT2D eigenvalue weighted by molar-refractivity contribution is 7.89. The fraction of sp³-hybridized carbons (Fsp3) is 0.556. The molecule has 3 aliphatic heterocycles. The lowest BCUT2D eigenvalue weighted by Crippen LogP contribution is -2.78. The third kappa shape index (κ3) is 2.44. The zero-order valence-corrected chi connectivity index (χ0v) is 20.4. The van der Waals surface area contributed by atoms with E-state index in [1.807, 2.05) is 18.2 Å². The van der Waals surface area contributed by atoms with E-state index in [2.05, 4.69) is 4.90 Å². The van der Waals surface area contributed by atoms with Gasteiger partial charge in [0.2, 0.25) is 10.0 Å². The van der Waals surface area contributed by atoms with E-state index in [4.69, 9.17) is 4.74 Å². The first-order chi connectivity index (χ1) is 16.8. The van der Waals surface area contributed by atoms with Crippen LogP contribution in [-0.2, 0) is 28.4 Å². The number of rotatable bonds is 3. The summed E-state index contributed by atoms with van der Waals surface area (Å²) in [5, 5.41) is 23.4. The van der Waals surface area contributed by atoms with Crippen LogP contribution in [-0.4, -0.2) is 64.7 Å². The lowest BCUT2D eigenvalue weighted by Gasteiger charge is -2.64. The monoisotopic (exact) mass is 494 g/mol. The van der Waals surface area contributed by atoms with Crippen LogP contribution in [0.5, 0.6) is 11.5 Å². The number of likely N-dealkylation sites (tertiary alicyclic amines) is 1. The summed E-state index contributed by atoms with van der Waals surface area (Å²) in [6, 6.07) is 10.5. The van der Waals surface area contributed by atoms with Crippen LogP contribution in [0.4, 0.5) is 0 Å². The molecule has 1 saturated heterocycles. The number of phenols is 1. The van der Waals surface area contributed by atoms with Gasteiger partial charge in [0, 0.05) is 24.7 Å². The third-order valence-corrected chi connectivity index (χ3v) is 12.0. The minimum absolute atomic E-state index is 0.0146. The van der Waals surface area contributed by atoms with Gasteiger partial charge in [0.25, 0.3) is 0 Å². The maximum absolute atomic E-state index is 13.7. The number of hydrogen-bond acceptors (Lipinski definition) is 6. The molecule has 3 fully saturated rings. The molecular weight excluding hydrogens is 464 g/mol. The van der Waals surface area contributed by atoms with Crippen LogP contribution < -0.4 is 4.74 Å². The average molecular weight is 495 g/mol. The van der Waals surface area contributed by atoms with Gasteiger partial charge in [-0.05, 0) is 74.2 Å². The average Bonchev–Trinajstić information content (AvgIpc) is 3.52. The summed E-state index contributed by atoms with van der Waals surface area (Å²) >= 11 is 0. The first kappa shape index (κ1) is 21.0. The number of aliphatic hydroxyl groups is 1. The van der Waals surface area contributed by atoms with Crippen LogP contribution in [0.25, 0.3) is 0 Å². The highest BCUT2D eigenvalue weighted by atomic mass is 32.2. The molecule has 3 aliphatic carbocycles. The van der Waals surface area contributed by atoms with Gasteiger partial charge in [0.05, 0.1) is 22.0 Å². The lowest BCUT2D eigenvalue weighted by molar-refractivity contribution is -0.196. The van der Waals surface area contributed by atoms with Crippen molar-refractivity contribution in [2.75, 3.05) is 13.1 Å². The van der Waals surface area contributed by atoms with Crippen LogP contribution >= 0.6 is 0 Å². The molecule has 0 aromatic heterocycles. The molecule has 184 valence electrons. The Morgan fingerprint density at radius 1 is 1.06 bits per heavy atom. The Morgan fingerprint density at radius 3 is 2.69 bits per heavy atom. The van der Waals surface area contributed by atoms with Gasteiger partial charge < -0.3 is 14.9 Å². The van der Waals surface area contributed by atoms with Crippen molar-refractivity contribution in [1.29, 1.82) is 0 Å². The zero-order valence-electron chi connectivity index (χ0n) is 19.6. The second kappa shape index (κ2) is 6.59.